The highest BCUT2D eigenvalue weighted by molar-refractivity contribution is 7.99. The van der Waals surface area contributed by atoms with E-state index in [1.165, 1.54) is 0 Å². The molecule has 0 aliphatic carbocycles. The first-order chi connectivity index (χ1) is 9.31. The summed E-state index contributed by atoms with van der Waals surface area (Å²) < 4.78 is 5.08. The highest BCUT2D eigenvalue weighted by atomic mass is 32.2. The summed E-state index contributed by atoms with van der Waals surface area (Å²) >= 11 is 1.75. The first kappa shape index (κ1) is 14.3. The quantitative estimate of drug-likeness (QED) is 0.832. The molecule has 1 amide bonds. The molecule has 19 heavy (non-hydrogen) atoms. The number of nitrogens with zero attached hydrogens (tertiary/aromatic N) is 2. The number of pyridine rings is 1. The molecule has 0 bridgehead atoms. The van der Waals surface area contributed by atoms with Gasteiger partial charge in [0.25, 0.3) is 0 Å². The number of hydrogen-bond donors (Lipinski definition) is 1. The monoisotopic (exact) mass is 281 g/mol. The molecule has 2 heterocycles. The van der Waals surface area contributed by atoms with E-state index in [0.29, 0.717) is 19.7 Å². The molecule has 1 aromatic rings. The average molecular weight is 281 g/mol. The number of aromatic nitrogens is 1. The van der Waals surface area contributed by atoms with E-state index in [1.54, 1.807) is 25.1 Å². The zero-order valence-corrected chi connectivity index (χ0v) is 11.9. The molecule has 0 spiro atoms. The molecule has 1 aliphatic rings. The summed E-state index contributed by atoms with van der Waals surface area (Å²) in [5.74, 6) is 1.82. The SMILES string of the molecule is COCCN(Cc1ccccn1)C(=O)C1CSCN1. The van der Waals surface area contributed by atoms with Gasteiger partial charge in [-0.2, -0.15) is 0 Å². The third kappa shape index (κ3) is 4.19. The first-order valence-electron chi connectivity index (χ1n) is 6.30. The lowest BCUT2D eigenvalue weighted by atomic mass is 10.2. The number of ether oxygens (including phenoxy) is 1. The molecular weight excluding hydrogens is 262 g/mol. The molecule has 6 heteroatoms. The maximum Gasteiger partial charge on any atom is 0.241 e. The second-order valence-corrected chi connectivity index (χ2v) is 5.38. The van der Waals surface area contributed by atoms with Gasteiger partial charge in [-0.25, -0.2) is 0 Å². The number of carbonyl (C=O) groups is 1. The largest absolute Gasteiger partial charge is 0.383 e. The van der Waals surface area contributed by atoms with Gasteiger partial charge < -0.3 is 9.64 Å². The summed E-state index contributed by atoms with van der Waals surface area (Å²) in [5, 5.41) is 3.21. The van der Waals surface area contributed by atoms with E-state index in [2.05, 4.69) is 10.3 Å². The topological polar surface area (TPSA) is 54.5 Å². The summed E-state index contributed by atoms with van der Waals surface area (Å²) in [4.78, 5) is 18.5. The van der Waals surface area contributed by atoms with E-state index in [4.69, 9.17) is 4.74 Å². The van der Waals surface area contributed by atoms with Crippen LogP contribution in [0.2, 0.25) is 0 Å². The Labute approximate surface area is 117 Å². The second kappa shape index (κ2) is 7.47. The Kier molecular flexibility index (Phi) is 5.62. The van der Waals surface area contributed by atoms with E-state index < -0.39 is 0 Å². The maximum atomic E-state index is 12.4. The van der Waals surface area contributed by atoms with Crippen LogP contribution in [-0.2, 0) is 16.1 Å². The van der Waals surface area contributed by atoms with Crippen LogP contribution < -0.4 is 5.32 Å². The molecular formula is C13H19N3O2S. The fourth-order valence-electron chi connectivity index (χ4n) is 1.93. The van der Waals surface area contributed by atoms with E-state index in [0.717, 1.165) is 17.3 Å². The molecule has 1 unspecified atom stereocenters. The lowest BCUT2D eigenvalue weighted by Gasteiger charge is -2.25. The fraction of sp³-hybridized carbons (Fsp3) is 0.538. The smallest absolute Gasteiger partial charge is 0.241 e. The van der Waals surface area contributed by atoms with Crippen LogP contribution >= 0.6 is 11.8 Å². The van der Waals surface area contributed by atoms with E-state index >= 15 is 0 Å². The number of thioether (sulfide) groups is 1. The van der Waals surface area contributed by atoms with Gasteiger partial charge in [0.1, 0.15) is 0 Å². The van der Waals surface area contributed by atoms with Gasteiger partial charge in [-0.15, -0.1) is 11.8 Å². The van der Waals surface area contributed by atoms with Gasteiger partial charge >= 0.3 is 0 Å². The van der Waals surface area contributed by atoms with Crippen molar-refractivity contribution in [2.45, 2.75) is 12.6 Å². The lowest BCUT2D eigenvalue weighted by Crippen LogP contribution is -2.45. The van der Waals surface area contributed by atoms with Crippen LogP contribution in [0.4, 0.5) is 0 Å². The second-order valence-electron chi connectivity index (χ2n) is 4.35. The molecule has 2 rings (SSSR count). The highest BCUT2D eigenvalue weighted by Gasteiger charge is 2.27. The minimum Gasteiger partial charge on any atom is -0.383 e. The third-order valence-electron chi connectivity index (χ3n) is 2.97. The van der Waals surface area contributed by atoms with Crippen molar-refractivity contribution >= 4 is 17.7 Å². The van der Waals surface area contributed by atoms with Crippen molar-refractivity contribution in [3.63, 3.8) is 0 Å². The zero-order chi connectivity index (χ0) is 13.5. The minimum atomic E-state index is -0.0782. The van der Waals surface area contributed by atoms with Crippen LogP contribution in [0.25, 0.3) is 0 Å². The predicted octanol–water partition coefficient (Wildman–Crippen LogP) is 0.719. The zero-order valence-electron chi connectivity index (χ0n) is 11.0. The molecule has 1 aromatic heterocycles. The molecule has 1 N–H and O–H groups in total. The van der Waals surface area contributed by atoms with E-state index in [9.17, 15) is 4.79 Å². The summed E-state index contributed by atoms with van der Waals surface area (Å²) in [6.45, 7) is 1.67. The molecule has 0 saturated carbocycles. The molecule has 1 aliphatic heterocycles. The molecule has 104 valence electrons. The minimum absolute atomic E-state index is 0.0782. The molecule has 1 atom stereocenters. The van der Waals surface area contributed by atoms with Crippen molar-refractivity contribution in [3.8, 4) is 0 Å². The molecule has 0 radical (unpaired) electrons. The normalized spacial score (nSPS) is 18.5. The van der Waals surface area contributed by atoms with Crippen molar-refractivity contribution in [1.82, 2.24) is 15.2 Å². The summed E-state index contributed by atoms with van der Waals surface area (Å²) in [6.07, 6.45) is 1.75. The summed E-state index contributed by atoms with van der Waals surface area (Å²) in [7, 11) is 1.65. The van der Waals surface area contributed by atoms with Crippen molar-refractivity contribution in [2.75, 3.05) is 31.9 Å². The van der Waals surface area contributed by atoms with Gasteiger partial charge in [0.05, 0.1) is 24.9 Å². The van der Waals surface area contributed by atoms with Gasteiger partial charge in [-0.1, -0.05) is 6.07 Å². The van der Waals surface area contributed by atoms with Crippen LogP contribution in [0.1, 0.15) is 5.69 Å². The van der Waals surface area contributed by atoms with Crippen LogP contribution in [0, 0.1) is 0 Å². The standard InChI is InChI=1S/C13H19N3O2S/c1-18-7-6-16(8-11-4-2-3-5-14-11)13(17)12-9-19-10-15-12/h2-5,12,15H,6-10H2,1H3. The summed E-state index contributed by atoms with van der Waals surface area (Å²) in [5.41, 5.74) is 0.901. The van der Waals surface area contributed by atoms with Crippen LogP contribution in [0.3, 0.4) is 0 Å². The molecule has 5 nitrogen and oxygen atoms in total. The van der Waals surface area contributed by atoms with Crippen molar-refractivity contribution in [3.05, 3.63) is 30.1 Å². The Morgan fingerprint density at radius 2 is 2.53 bits per heavy atom. The average Bonchev–Trinajstić information content (AvgIpc) is 2.98. The van der Waals surface area contributed by atoms with Gasteiger partial charge in [-0.3, -0.25) is 15.1 Å². The van der Waals surface area contributed by atoms with Crippen LogP contribution in [0.5, 0.6) is 0 Å². The van der Waals surface area contributed by atoms with Crippen LogP contribution in [-0.4, -0.2) is 53.7 Å². The Balaban J connectivity index is 2.00. The van der Waals surface area contributed by atoms with E-state index in [-0.39, 0.29) is 11.9 Å². The van der Waals surface area contributed by atoms with Gasteiger partial charge in [0.2, 0.25) is 5.91 Å². The summed E-state index contributed by atoms with van der Waals surface area (Å²) in [6, 6.07) is 5.67. The number of hydrogen-bond acceptors (Lipinski definition) is 5. The molecule has 1 fully saturated rings. The Bertz CT molecular complexity index is 396. The number of amides is 1. The Morgan fingerprint density at radius 1 is 1.63 bits per heavy atom. The Hall–Kier alpha value is -1.11. The van der Waals surface area contributed by atoms with Gasteiger partial charge in [0.15, 0.2) is 0 Å². The molecule has 0 aromatic carbocycles. The maximum absolute atomic E-state index is 12.4. The van der Waals surface area contributed by atoms with E-state index in [1.807, 2.05) is 23.1 Å². The number of methoxy groups -OCH3 is 1. The number of rotatable bonds is 6. The van der Waals surface area contributed by atoms with Crippen LogP contribution in [0.15, 0.2) is 24.4 Å². The van der Waals surface area contributed by atoms with Crippen molar-refractivity contribution < 1.29 is 9.53 Å². The fourth-order valence-corrected chi connectivity index (χ4v) is 2.86. The highest BCUT2D eigenvalue weighted by Crippen LogP contribution is 2.13. The van der Waals surface area contributed by atoms with Crippen molar-refractivity contribution in [2.24, 2.45) is 0 Å². The Morgan fingerprint density at radius 3 is 3.16 bits per heavy atom. The van der Waals surface area contributed by atoms with Gasteiger partial charge in [-0.05, 0) is 12.1 Å². The lowest BCUT2D eigenvalue weighted by molar-refractivity contribution is -0.134. The first-order valence-corrected chi connectivity index (χ1v) is 7.45. The number of nitrogens with one attached hydrogen (secondary N) is 1. The third-order valence-corrected chi connectivity index (χ3v) is 3.91. The van der Waals surface area contributed by atoms with Crippen molar-refractivity contribution in [1.29, 1.82) is 0 Å². The number of carbonyl (C=O) groups excluding carboxylic acids is 1. The predicted molar refractivity (Wildman–Crippen MR) is 75.8 cm³/mol. The molecule has 1 saturated heterocycles. The van der Waals surface area contributed by atoms with Gasteiger partial charge in [0, 0.05) is 31.5 Å².